The number of benzene rings is 12. The van der Waals surface area contributed by atoms with Gasteiger partial charge in [0.15, 0.2) is 0 Å². The third-order valence-corrected chi connectivity index (χ3v) is 17.4. The number of furan rings is 1. The lowest BCUT2D eigenvalue weighted by Crippen LogP contribution is -2.16. The van der Waals surface area contributed by atoms with Crippen molar-refractivity contribution in [3.8, 4) is 22.3 Å². The number of fused-ring (bicyclic) bond motifs is 9. The monoisotopic (exact) mass is 1030 g/mol. The maximum absolute atomic E-state index is 6.45. The third-order valence-electron chi connectivity index (χ3n) is 15.0. The van der Waals surface area contributed by atoms with Gasteiger partial charge in [0.05, 0.1) is 37.8 Å². The SMILES string of the molecule is c1ccc(-c2ccc(N(c3cc(N(c4ccccc4)c4ccc5oc6ccccc6c5c4)cc(N(c4ccc(-c5ccccc5)cc4)c4cccc5c4sc4ccccc45)c3)c3cccc4c3sc3ccccc34)cc2)cc1. The fraction of sp³-hybridized carbons (Fsp3) is 0. The molecule has 12 aromatic carbocycles. The summed E-state index contributed by atoms with van der Waals surface area (Å²) < 4.78 is 11.4. The predicted octanol–water partition coefficient (Wildman–Crippen LogP) is 22.1. The summed E-state index contributed by atoms with van der Waals surface area (Å²) in [6.45, 7) is 0. The maximum atomic E-state index is 6.45. The number of hydrogen-bond donors (Lipinski definition) is 0. The molecule has 0 saturated carbocycles. The zero-order valence-electron chi connectivity index (χ0n) is 42.2. The molecular weight excluding hydrogens is 987 g/mol. The summed E-state index contributed by atoms with van der Waals surface area (Å²) in [6.07, 6.45) is 0. The number of nitrogens with zero attached hydrogens (tertiary/aromatic N) is 3. The molecule has 0 amide bonds. The molecule has 78 heavy (non-hydrogen) atoms. The average Bonchev–Trinajstić information content (AvgIpc) is 4.35. The lowest BCUT2D eigenvalue weighted by atomic mass is 10.0. The molecule has 0 atom stereocenters. The van der Waals surface area contributed by atoms with Gasteiger partial charge >= 0.3 is 0 Å². The zero-order valence-corrected chi connectivity index (χ0v) is 43.8. The second-order valence-electron chi connectivity index (χ2n) is 19.7. The van der Waals surface area contributed by atoms with Crippen molar-refractivity contribution in [2.75, 3.05) is 14.7 Å². The first-order chi connectivity index (χ1) is 38.7. The van der Waals surface area contributed by atoms with E-state index in [1.54, 1.807) is 0 Å². The molecule has 4 nitrogen and oxygen atoms in total. The fourth-order valence-corrected chi connectivity index (χ4v) is 13.8. The summed E-state index contributed by atoms with van der Waals surface area (Å²) in [5, 5.41) is 7.13. The summed E-state index contributed by atoms with van der Waals surface area (Å²) in [5.74, 6) is 0. The van der Waals surface area contributed by atoms with Crippen molar-refractivity contribution in [3.05, 3.63) is 285 Å². The Morgan fingerprint density at radius 2 is 0.615 bits per heavy atom. The van der Waals surface area contributed by atoms with Gasteiger partial charge < -0.3 is 19.1 Å². The maximum Gasteiger partial charge on any atom is 0.135 e. The third kappa shape index (κ3) is 7.97. The van der Waals surface area contributed by atoms with Crippen LogP contribution in [0.25, 0.3) is 84.5 Å². The number of rotatable bonds is 11. The van der Waals surface area contributed by atoms with Gasteiger partial charge in [-0.25, -0.2) is 0 Å². The van der Waals surface area contributed by atoms with Crippen LogP contribution in [0.4, 0.5) is 51.2 Å². The number of hydrogen-bond acceptors (Lipinski definition) is 6. The van der Waals surface area contributed by atoms with Crippen LogP contribution in [-0.4, -0.2) is 0 Å². The first-order valence-corrected chi connectivity index (χ1v) is 27.9. The molecule has 15 rings (SSSR count). The van der Waals surface area contributed by atoms with Gasteiger partial charge in [-0.05, 0) is 125 Å². The Labute approximate surface area is 459 Å². The van der Waals surface area contributed by atoms with E-state index in [9.17, 15) is 0 Å². The quantitative estimate of drug-likeness (QED) is 0.129. The van der Waals surface area contributed by atoms with Gasteiger partial charge in [-0.1, -0.05) is 182 Å². The Bertz CT molecular complexity index is 4460. The van der Waals surface area contributed by atoms with Crippen LogP contribution in [-0.2, 0) is 0 Å². The number of anilines is 9. The summed E-state index contributed by atoms with van der Waals surface area (Å²) in [5.41, 5.74) is 15.7. The van der Waals surface area contributed by atoms with Crippen LogP contribution in [0.3, 0.4) is 0 Å². The van der Waals surface area contributed by atoms with Gasteiger partial charge in [0, 0.05) is 64.5 Å². The molecule has 0 unspecified atom stereocenters. The van der Waals surface area contributed by atoms with Crippen LogP contribution in [0, 0.1) is 0 Å². The standard InChI is InChI=1S/C72H47N3OS2/c1-4-18-48(19-5-1)50-34-38-53(39-35-50)74(65-29-16-27-62-60-25-11-14-32-69(60)77-71(62)65)57-44-56(73(52-22-8-3-9-23-52)55-42-43-68-64(47-55)59-24-10-13-31-67(59)76-68)45-58(46-57)75(54-40-36-51(37-41-54)49-20-6-2-7-21-49)66-30-17-28-63-61-26-12-15-33-70(61)78-72(63)66/h1-47H. The highest BCUT2D eigenvalue weighted by Gasteiger charge is 2.26. The Kier molecular flexibility index (Phi) is 11.2. The highest BCUT2D eigenvalue weighted by Crippen LogP contribution is 2.51. The molecule has 0 bridgehead atoms. The van der Waals surface area contributed by atoms with Crippen LogP contribution in [0.5, 0.6) is 0 Å². The van der Waals surface area contributed by atoms with Gasteiger partial charge in [0.2, 0.25) is 0 Å². The van der Waals surface area contributed by atoms with E-state index in [4.69, 9.17) is 4.42 Å². The minimum absolute atomic E-state index is 0.852. The molecule has 0 saturated heterocycles. The second-order valence-corrected chi connectivity index (χ2v) is 21.8. The van der Waals surface area contributed by atoms with Crippen molar-refractivity contribution in [1.82, 2.24) is 0 Å². The molecule has 6 heteroatoms. The van der Waals surface area contributed by atoms with Crippen LogP contribution < -0.4 is 14.7 Å². The summed E-state index contributed by atoms with van der Waals surface area (Å²) in [6, 6.07) is 103. The summed E-state index contributed by atoms with van der Waals surface area (Å²) in [7, 11) is 0. The topological polar surface area (TPSA) is 22.9 Å². The Balaban J connectivity index is 1.03. The first kappa shape index (κ1) is 45.7. The lowest BCUT2D eigenvalue weighted by Gasteiger charge is -2.33. The summed E-state index contributed by atoms with van der Waals surface area (Å²) >= 11 is 3.70. The predicted molar refractivity (Wildman–Crippen MR) is 334 cm³/mol. The summed E-state index contributed by atoms with van der Waals surface area (Å²) in [4.78, 5) is 7.36. The Hall–Kier alpha value is -9.72. The molecule has 0 fully saturated rings. The molecule has 0 spiro atoms. The Morgan fingerprint density at radius 3 is 1.14 bits per heavy atom. The van der Waals surface area contributed by atoms with Gasteiger partial charge in [-0.3, -0.25) is 0 Å². The van der Waals surface area contributed by atoms with Crippen molar-refractivity contribution in [3.63, 3.8) is 0 Å². The molecule has 3 heterocycles. The minimum Gasteiger partial charge on any atom is -0.456 e. The van der Waals surface area contributed by atoms with Gasteiger partial charge in [0.1, 0.15) is 11.2 Å². The smallest absolute Gasteiger partial charge is 0.135 e. The van der Waals surface area contributed by atoms with E-state index in [0.717, 1.165) is 84.3 Å². The van der Waals surface area contributed by atoms with Crippen molar-refractivity contribution >= 4 is 136 Å². The molecule has 0 aliphatic heterocycles. The molecule has 0 N–H and O–H groups in total. The van der Waals surface area contributed by atoms with E-state index in [2.05, 4.69) is 294 Å². The largest absolute Gasteiger partial charge is 0.456 e. The molecule has 368 valence electrons. The number of para-hydroxylation sites is 2. The van der Waals surface area contributed by atoms with Gasteiger partial charge in [-0.15, -0.1) is 22.7 Å². The zero-order chi connectivity index (χ0) is 51.5. The van der Waals surface area contributed by atoms with Gasteiger partial charge in [0.25, 0.3) is 0 Å². The van der Waals surface area contributed by atoms with Crippen LogP contribution in [0.2, 0.25) is 0 Å². The van der Waals surface area contributed by atoms with E-state index in [1.165, 1.54) is 51.5 Å². The van der Waals surface area contributed by atoms with Crippen molar-refractivity contribution < 1.29 is 4.42 Å². The number of thiophene rings is 2. The average molecular weight is 1030 g/mol. The molecule has 0 aliphatic rings. The fourth-order valence-electron chi connectivity index (χ4n) is 11.4. The molecular formula is C72H47N3OS2. The van der Waals surface area contributed by atoms with E-state index >= 15 is 0 Å². The molecule has 3 aromatic heterocycles. The minimum atomic E-state index is 0.852. The van der Waals surface area contributed by atoms with Crippen LogP contribution in [0.1, 0.15) is 0 Å². The second kappa shape index (κ2) is 19.1. The van der Waals surface area contributed by atoms with E-state index < -0.39 is 0 Å². The van der Waals surface area contributed by atoms with Crippen molar-refractivity contribution in [1.29, 1.82) is 0 Å². The van der Waals surface area contributed by atoms with Crippen LogP contribution >= 0.6 is 22.7 Å². The molecule has 0 radical (unpaired) electrons. The van der Waals surface area contributed by atoms with Gasteiger partial charge in [-0.2, -0.15) is 0 Å². The van der Waals surface area contributed by atoms with Crippen molar-refractivity contribution in [2.24, 2.45) is 0 Å². The van der Waals surface area contributed by atoms with E-state index in [1.807, 2.05) is 28.7 Å². The molecule has 0 aliphatic carbocycles. The Morgan fingerprint density at radius 1 is 0.231 bits per heavy atom. The highest BCUT2D eigenvalue weighted by atomic mass is 32.1. The normalized spacial score (nSPS) is 11.6. The highest BCUT2D eigenvalue weighted by molar-refractivity contribution is 7.26. The molecule has 15 aromatic rings. The first-order valence-electron chi connectivity index (χ1n) is 26.3. The van der Waals surface area contributed by atoms with E-state index in [0.29, 0.717) is 0 Å². The van der Waals surface area contributed by atoms with Crippen molar-refractivity contribution in [2.45, 2.75) is 0 Å². The van der Waals surface area contributed by atoms with E-state index in [-0.39, 0.29) is 0 Å². The van der Waals surface area contributed by atoms with Crippen LogP contribution in [0.15, 0.2) is 290 Å². The lowest BCUT2D eigenvalue weighted by molar-refractivity contribution is 0.669.